The first-order valence-corrected chi connectivity index (χ1v) is 8.29. The van der Waals surface area contributed by atoms with Crippen molar-refractivity contribution in [1.29, 1.82) is 0 Å². The average Bonchev–Trinajstić information content (AvgIpc) is 2.83. The zero-order chi connectivity index (χ0) is 17.7. The number of esters is 2. The fourth-order valence-electron chi connectivity index (χ4n) is 5.23. The Hall–Kier alpha value is -2.04. The lowest BCUT2D eigenvalue weighted by molar-refractivity contribution is -0.164. The fourth-order valence-corrected chi connectivity index (χ4v) is 5.23. The first kappa shape index (κ1) is 16.8. The lowest BCUT2D eigenvalue weighted by Crippen LogP contribution is -2.51. The van der Waals surface area contributed by atoms with Crippen molar-refractivity contribution < 1.29 is 24.2 Å². The maximum absolute atomic E-state index is 12.6. The second-order valence-electron chi connectivity index (χ2n) is 7.43. The molecule has 0 aliphatic heterocycles. The third-order valence-electron chi connectivity index (χ3n) is 6.19. The van der Waals surface area contributed by atoms with E-state index in [9.17, 15) is 14.7 Å². The molecule has 3 rings (SSSR count). The molecule has 0 radical (unpaired) electrons. The van der Waals surface area contributed by atoms with Gasteiger partial charge < -0.3 is 14.6 Å². The molecule has 5 heteroatoms. The quantitative estimate of drug-likeness (QED) is 0.843. The van der Waals surface area contributed by atoms with Gasteiger partial charge in [0.25, 0.3) is 0 Å². The van der Waals surface area contributed by atoms with Gasteiger partial charge in [0, 0.05) is 5.92 Å². The van der Waals surface area contributed by atoms with Gasteiger partial charge in [-0.25, -0.2) is 0 Å². The Morgan fingerprint density at radius 3 is 2.50 bits per heavy atom. The van der Waals surface area contributed by atoms with Crippen LogP contribution in [-0.4, -0.2) is 31.3 Å². The molecule has 1 N–H and O–H groups in total. The van der Waals surface area contributed by atoms with Crippen LogP contribution in [-0.2, 0) is 24.5 Å². The summed E-state index contributed by atoms with van der Waals surface area (Å²) in [4.78, 5) is 25.3. The lowest BCUT2D eigenvalue weighted by atomic mass is 9.54. The van der Waals surface area contributed by atoms with Crippen molar-refractivity contribution in [2.45, 2.75) is 44.4 Å². The summed E-state index contributed by atoms with van der Waals surface area (Å²) < 4.78 is 10.1. The van der Waals surface area contributed by atoms with Gasteiger partial charge in [-0.15, -0.1) is 0 Å². The van der Waals surface area contributed by atoms with E-state index in [4.69, 9.17) is 9.47 Å². The van der Waals surface area contributed by atoms with Crippen LogP contribution < -0.4 is 0 Å². The van der Waals surface area contributed by atoms with E-state index >= 15 is 0 Å². The van der Waals surface area contributed by atoms with Crippen molar-refractivity contribution in [2.75, 3.05) is 14.2 Å². The lowest BCUT2D eigenvalue weighted by Gasteiger charge is -2.48. The molecule has 1 fully saturated rings. The van der Waals surface area contributed by atoms with Crippen LogP contribution in [0.1, 0.15) is 50.2 Å². The highest BCUT2D eigenvalue weighted by Crippen LogP contribution is 2.64. The van der Waals surface area contributed by atoms with Crippen molar-refractivity contribution in [1.82, 2.24) is 0 Å². The van der Waals surface area contributed by atoms with Crippen LogP contribution in [0, 0.1) is 11.3 Å². The molecule has 130 valence electrons. The summed E-state index contributed by atoms with van der Waals surface area (Å²) in [6.07, 6.45) is 2.44. The van der Waals surface area contributed by atoms with Gasteiger partial charge in [0.1, 0.15) is 5.75 Å². The Morgan fingerprint density at radius 1 is 1.17 bits per heavy atom. The Labute approximate surface area is 142 Å². The first-order valence-electron chi connectivity index (χ1n) is 8.29. The van der Waals surface area contributed by atoms with Crippen LogP contribution in [0.5, 0.6) is 5.75 Å². The van der Waals surface area contributed by atoms with Crippen LogP contribution >= 0.6 is 0 Å². The van der Waals surface area contributed by atoms with Gasteiger partial charge in [-0.1, -0.05) is 19.4 Å². The van der Waals surface area contributed by atoms with E-state index in [2.05, 4.69) is 6.92 Å². The maximum Gasteiger partial charge on any atom is 0.313 e. The number of phenols is 1. The summed E-state index contributed by atoms with van der Waals surface area (Å²) in [6.45, 7) is 4.00. The minimum Gasteiger partial charge on any atom is -0.508 e. The molecule has 4 atom stereocenters. The minimum absolute atomic E-state index is 0.115. The van der Waals surface area contributed by atoms with Crippen LogP contribution in [0.4, 0.5) is 0 Å². The summed E-state index contributed by atoms with van der Waals surface area (Å²) in [5, 5.41) is 9.93. The van der Waals surface area contributed by atoms with Crippen LogP contribution in [0.2, 0.25) is 0 Å². The maximum atomic E-state index is 12.6. The number of fused-ring (bicyclic) bond motifs is 3. The molecule has 1 saturated carbocycles. The topological polar surface area (TPSA) is 72.8 Å². The summed E-state index contributed by atoms with van der Waals surface area (Å²) in [5.74, 6) is -1.37. The van der Waals surface area contributed by atoms with E-state index in [-0.39, 0.29) is 29.0 Å². The summed E-state index contributed by atoms with van der Waals surface area (Å²) >= 11 is 0. The van der Waals surface area contributed by atoms with E-state index in [0.29, 0.717) is 6.42 Å². The Balaban J connectivity index is 2.25. The molecular formula is C19H24O5. The largest absolute Gasteiger partial charge is 0.508 e. The number of ether oxygens (including phenoxy) is 2. The molecule has 0 heterocycles. The normalized spacial score (nSPS) is 34.2. The molecule has 2 aliphatic rings. The van der Waals surface area contributed by atoms with Crippen molar-refractivity contribution in [3.8, 4) is 5.75 Å². The van der Waals surface area contributed by atoms with Crippen LogP contribution in [0.25, 0.3) is 0 Å². The van der Waals surface area contributed by atoms with Crippen LogP contribution in [0.3, 0.4) is 0 Å². The highest BCUT2D eigenvalue weighted by Gasteiger charge is 2.63. The third-order valence-corrected chi connectivity index (χ3v) is 6.19. The second kappa shape index (κ2) is 5.50. The van der Waals surface area contributed by atoms with E-state index in [1.165, 1.54) is 14.2 Å². The smallest absolute Gasteiger partial charge is 0.313 e. The molecule has 24 heavy (non-hydrogen) atoms. The number of phenolic OH excluding ortho intramolecular Hbond substituents is 1. The zero-order valence-corrected chi connectivity index (χ0v) is 14.6. The molecular weight excluding hydrogens is 308 g/mol. The average molecular weight is 332 g/mol. The van der Waals surface area contributed by atoms with Crippen molar-refractivity contribution in [2.24, 2.45) is 11.3 Å². The summed E-state index contributed by atoms with van der Waals surface area (Å²) in [5.41, 5.74) is 0.695. The molecule has 0 amide bonds. The number of carbonyl (C=O) groups excluding carboxylic acids is 2. The minimum atomic E-state index is -0.769. The number of methoxy groups -OCH3 is 2. The Bertz CT molecular complexity index is 697. The van der Waals surface area contributed by atoms with Crippen molar-refractivity contribution in [3.63, 3.8) is 0 Å². The van der Waals surface area contributed by atoms with Gasteiger partial charge in [-0.2, -0.15) is 0 Å². The van der Waals surface area contributed by atoms with E-state index in [1.807, 2.05) is 13.0 Å². The molecule has 1 aromatic rings. The first-order chi connectivity index (χ1) is 11.3. The van der Waals surface area contributed by atoms with Crippen molar-refractivity contribution in [3.05, 3.63) is 29.3 Å². The number of rotatable bonds is 2. The van der Waals surface area contributed by atoms with Gasteiger partial charge >= 0.3 is 11.9 Å². The standard InChI is InChI=1S/C19H24O5/c1-18-8-5-9-19(2,17(22)24-4)15(18)14(16(21)23-3)12-10-11(20)6-7-13(12)18/h6-7,10,14-15,20H,5,8-9H2,1-4H3. The SMILES string of the molecule is COC(=O)C1c2cc(O)ccc2C2(C)CCCC(C)(C(=O)OC)C12. The summed E-state index contributed by atoms with van der Waals surface area (Å²) in [7, 11) is 2.75. The monoisotopic (exact) mass is 332 g/mol. The molecule has 2 aliphatic carbocycles. The van der Waals surface area contributed by atoms with E-state index in [1.54, 1.807) is 12.1 Å². The third kappa shape index (κ3) is 2.06. The molecule has 0 bridgehead atoms. The van der Waals surface area contributed by atoms with Gasteiger partial charge in [0.15, 0.2) is 0 Å². The van der Waals surface area contributed by atoms with Gasteiger partial charge in [0.2, 0.25) is 0 Å². The Morgan fingerprint density at radius 2 is 1.88 bits per heavy atom. The molecule has 0 aromatic heterocycles. The second-order valence-corrected chi connectivity index (χ2v) is 7.43. The number of hydrogen-bond donors (Lipinski definition) is 1. The molecule has 0 spiro atoms. The van der Waals surface area contributed by atoms with E-state index < -0.39 is 11.3 Å². The number of hydrogen-bond acceptors (Lipinski definition) is 5. The van der Waals surface area contributed by atoms with E-state index in [0.717, 1.165) is 24.0 Å². The number of carbonyl (C=O) groups is 2. The predicted octanol–water partition coefficient (Wildman–Crippen LogP) is 2.90. The number of benzene rings is 1. The van der Waals surface area contributed by atoms with Gasteiger partial charge in [-0.3, -0.25) is 9.59 Å². The highest BCUT2D eigenvalue weighted by atomic mass is 16.5. The van der Waals surface area contributed by atoms with Crippen LogP contribution in [0.15, 0.2) is 18.2 Å². The van der Waals surface area contributed by atoms with Gasteiger partial charge in [-0.05, 0) is 48.4 Å². The zero-order valence-electron chi connectivity index (χ0n) is 14.6. The van der Waals surface area contributed by atoms with Crippen molar-refractivity contribution >= 4 is 11.9 Å². The molecule has 5 nitrogen and oxygen atoms in total. The molecule has 0 saturated heterocycles. The summed E-state index contributed by atoms with van der Waals surface area (Å²) in [6, 6.07) is 5.16. The predicted molar refractivity (Wildman–Crippen MR) is 87.7 cm³/mol. The highest BCUT2D eigenvalue weighted by molar-refractivity contribution is 5.85. The number of aromatic hydroxyl groups is 1. The molecule has 1 aromatic carbocycles. The van der Waals surface area contributed by atoms with Gasteiger partial charge in [0.05, 0.1) is 25.6 Å². The Kier molecular flexibility index (Phi) is 3.85. The molecule has 4 unspecified atom stereocenters. The fraction of sp³-hybridized carbons (Fsp3) is 0.579.